The molecule has 0 saturated heterocycles. The molecule has 0 unspecified atom stereocenters. The fourth-order valence-corrected chi connectivity index (χ4v) is 3.94. The SMILES string of the molecule is Cc1cccc(NS(=O)(=O)c2ccc(C(F)(F)F)cc2Br)c1. The molecule has 0 aromatic heterocycles. The first-order valence-corrected chi connectivity index (χ1v) is 8.33. The predicted octanol–water partition coefficient (Wildman–Crippen LogP) is 4.58. The van der Waals surface area contributed by atoms with Crippen molar-refractivity contribution < 1.29 is 21.6 Å². The molecule has 0 atom stereocenters. The van der Waals surface area contributed by atoms with Crippen molar-refractivity contribution >= 4 is 31.6 Å². The van der Waals surface area contributed by atoms with Gasteiger partial charge in [-0.05, 0) is 58.7 Å². The van der Waals surface area contributed by atoms with Crippen molar-refractivity contribution in [2.45, 2.75) is 18.0 Å². The van der Waals surface area contributed by atoms with Crippen molar-refractivity contribution in [1.82, 2.24) is 0 Å². The van der Waals surface area contributed by atoms with Crippen LogP contribution < -0.4 is 4.72 Å². The Bertz CT molecular complexity index is 804. The molecule has 2 rings (SSSR count). The number of anilines is 1. The molecule has 0 spiro atoms. The summed E-state index contributed by atoms with van der Waals surface area (Å²) < 4.78 is 64.5. The van der Waals surface area contributed by atoms with Crippen LogP contribution in [0.4, 0.5) is 18.9 Å². The summed E-state index contributed by atoms with van der Waals surface area (Å²) in [6.45, 7) is 1.80. The Morgan fingerprint density at radius 1 is 1.09 bits per heavy atom. The van der Waals surface area contributed by atoms with Gasteiger partial charge in [-0.2, -0.15) is 13.2 Å². The van der Waals surface area contributed by atoms with Gasteiger partial charge >= 0.3 is 6.18 Å². The summed E-state index contributed by atoms with van der Waals surface area (Å²) in [7, 11) is -3.99. The van der Waals surface area contributed by atoms with E-state index in [2.05, 4.69) is 20.7 Å². The van der Waals surface area contributed by atoms with Gasteiger partial charge in [-0.3, -0.25) is 4.72 Å². The van der Waals surface area contributed by atoms with Crippen LogP contribution in [0.1, 0.15) is 11.1 Å². The lowest BCUT2D eigenvalue weighted by molar-refractivity contribution is -0.137. The van der Waals surface area contributed by atoms with Gasteiger partial charge in [0.1, 0.15) is 4.90 Å². The maximum Gasteiger partial charge on any atom is 0.416 e. The Hall–Kier alpha value is -1.54. The van der Waals surface area contributed by atoms with E-state index in [0.717, 1.165) is 23.8 Å². The van der Waals surface area contributed by atoms with E-state index >= 15 is 0 Å². The van der Waals surface area contributed by atoms with E-state index in [-0.39, 0.29) is 9.37 Å². The Kier molecular flexibility index (Phi) is 4.53. The number of nitrogens with one attached hydrogen (secondary N) is 1. The van der Waals surface area contributed by atoms with Gasteiger partial charge in [-0.25, -0.2) is 8.42 Å². The third-order valence-corrected chi connectivity index (χ3v) is 5.18. The normalized spacial score (nSPS) is 12.2. The van der Waals surface area contributed by atoms with Crippen LogP contribution in [-0.2, 0) is 16.2 Å². The average Bonchev–Trinajstić information content (AvgIpc) is 2.36. The molecule has 0 saturated carbocycles. The second-order valence-corrected chi connectivity index (χ2v) is 7.12. The van der Waals surface area contributed by atoms with Crippen molar-refractivity contribution in [2.75, 3.05) is 4.72 Å². The highest BCUT2D eigenvalue weighted by atomic mass is 79.9. The van der Waals surface area contributed by atoms with Crippen molar-refractivity contribution in [3.05, 3.63) is 58.1 Å². The van der Waals surface area contributed by atoms with E-state index < -0.39 is 21.8 Å². The zero-order chi connectivity index (χ0) is 16.5. The Morgan fingerprint density at radius 3 is 2.32 bits per heavy atom. The number of halogens is 4. The maximum atomic E-state index is 12.6. The minimum absolute atomic E-state index is 0.150. The van der Waals surface area contributed by atoms with E-state index in [9.17, 15) is 21.6 Å². The lowest BCUT2D eigenvalue weighted by Gasteiger charge is -2.12. The summed E-state index contributed by atoms with van der Waals surface area (Å²) in [4.78, 5) is -0.262. The molecule has 0 fully saturated rings. The van der Waals surface area contributed by atoms with E-state index in [1.807, 2.05) is 0 Å². The molecule has 118 valence electrons. The summed E-state index contributed by atoms with van der Waals surface area (Å²) in [5.41, 5.74) is 0.271. The number of rotatable bonds is 3. The molecule has 0 aliphatic heterocycles. The highest BCUT2D eigenvalue weighted by Crippen LogP contribution is 2.34. The van der Waals surface area contributed by atoms with Crippen LogP contribution in [0, 0.1) is 6.92 Å². The summed E-state index contributed by atoms with van der Waals surface area (Å²) in [5, 5.41) is 0. The molecule has 0 aliphatic carbocycles. The van der Waals surface area contributed by atoms with Gasteiger partial charge in [0.25, 0.3) is 10.0 Å². The Morgan fingerprint density at radius 2 is 1.77 bits per heavy atom. The number of sulfonamides is 1. The van der Waals surface area contributed by atoms with Crippen molar-refractivity contribution in [2.24, 2.45) is 0 Å². The second-order valence-electron chi connectivity index (χ2n) is 4.62. The summed E-state index contributed by atoms with van der Waals surface area (Å²) >= 11 is 2.88. The minimum Gasteiger partial charge on any atom is -0.280 e. The topological polar surface area (TPSA) is 46.2 Å². The highest BCUT2D eigenvalue weighted by molar-refractivity contribution is 9.10. The predicted molar refractivity (Wildman–Crippen MR) is 81.1 cm³/mol. The van der Waals surface area contributed by atoms with Crippen molar-refractivity contribution in [3.8, 4) is 0 Å². The van der Waals surface area contributed by atoms with Crippen LogP contribution in [0.3, 0.4) is 0 Å². The molecular formula is C14H11BrF3NO2S. The molecule has 8 heteroatoms. The Balaban J connectivity index is 2.38. The molecule has 2 aromatic carbocycles. The number of hydrogen-bond donors (Lipinski definition) is 1. The average molecular weight is 394 g/mol. The number of aryl methyl sites for hydroxylation is 1. The van der Waals surface area contributed by atoms with Gasteiger partial charge < -0.3 is 0 Å². The van der Waals surface area contributed by atoms with Crippen LogP contribution >= 0.6 is 15.9 Å². The fourth-order valence-electron chi connectivity index (χ4n) is 1.81. The van der Waals surface area contributed by atoms with Gasteiger partial charge in [0.15, 0.2) is 0 Å². The molecule has 0 aliphatic rings. The standard InChI is InChI=1S/C14H11BrF3NO2S/c1-9-3-2-4-11(7-9)19-22(20,21)13-6-5-10(8-12(13)15)14(16,17)18/h2-8,19H,1H3. The molecule has 0 radical (unpaired) electrons. The Labute approximate surface area is 134 Å². The third-order valence-electron chi connectivity index (χ3n) is 2.82. The van der Waals surface area contributed by atoms with Crippen LogP contribution in [0.5, 0.6) is 0 Å². The first-order valence-electron chi connectivity index (χ1n) is 6.06. The monoisotopic (exact) mass is 393 g/mol. The number of hydrogen-bond acceptors (Lipinski definition) is 2. The first-order chi connectivity index (χ1) is 10.1. The molecule has 0 heterocycles. The summed E-state index contributed by atoms with van der Waals surface area (Å²) in [6.07, 6.45) is -4.53. The van der Waals surface area contributed by atoms with Gasteiger partial charge in [-0.15, -0.1) is 0 Å². The van der Waals surface area contributed by atoms with E-state index in [4.69, 9.17) is 0 Å². The van der Waals surface area contributed by atoms with Crippen molar-refractivity contribution in [3.63, 3.8) is 0 Å². The van der Waals surface area contributed by atoms with Gasteiger partial charge in [-0.1, -0.05) is 12.1 Å². The quantitative estimate of drug-likeness (QED) is 0.829. The third kappa shape index (κ3) is 3.80. The largest absolute Gasteiger partial charge is 0.416 e. The van der Waals surface area contributed by atoms with Gasteiger partial charge in [0.2, 0.25) is 0 Å². The van der Waals surface area contributed by atoms with Crippen molar-refractivity contribution in [1.29, 1.82) is 0 Å². The smallest absolute Gasteiger partial charge is 0.280 e. The molecule has 0 amide bonds. The molecule has 22 heavy (non-hydrogen) atoms. The van der Waals surface area contributed by atoms with Crippen LogP contribution in [0.15, 0.2) is 51.8 Å². The van der Waals surface area contributed by atoms with Gasteiger partial charge in [0, 0.05) is 10.2 Å². The second kappa shape index (κ2) is 5.92. The zero-order valence-electron chi connectivity index (χ0n) is 11.3. The number of alkyl halides is 3. The van der Waals surface area contributed by atoms with E-state index in [0.29, 0.717) is 5.69 Å². The zero-order valence-corrected chi connectivity index (χ0v) is 13.7. The summed E-state index contributed by atoms with van der Waals surface area (Å²) in [5.74, 6) is 0. The lowest BCUT2D eigenvalue weighted by Crippen LogP contribution is -2.14. The van der Waals surface area contributed by atoms with Crippen LogP contribution in [0.25, 0.3) is 0 Å². The fraction of sp³-hybridized carbons (Fsp3) is 0.143. The number of benzene rings is 2. The molecular weight excluding hydrogens is 383 g/mol. The summed E-state index contributed by atoms with van der Waals surface area (Å²) in [6, 6.07) is 9.05. The van der Waals surface area contributed by atoms with Crippen LogP contribution in [-0.4, -0.2) is 8.42 Å². The van der Waals surface area contributed by atoms with E-state index in [1.165, 1.54) is 0 Å². The molecule has 2 aromatic rings. The lowest BCUT2D eigenvalue weighted by atomic mass is 10.2. The van der Waals surface area contributed by atoms with E-state index in [1.54, 1.807) is 31.2 Å². The first kappa shape index (κ1) is 16.8. The molecule has 3 nitrogen and oxygen atoms in total. The van der Waals surface area contributed by atoms with Gasteiger partial charge in [0.05, 0.1) is 5.56 Å². The maximum absolute atomic E-state index is 12.6. The molecule has 1 N–H and O–H groups in total. The minimum atomic E-state index is -4.53. The van der Waals surface area contributed by atoms with Crippen LogP contribution in [0.2, 0.25) is 0 Å². The molecule has 0 bridgehead atoms. The highest BCUT2D eigenvalue weighted by Gasteiger charge is 2.32.